The Balaban J connectivity index is 3.97. The van der Waals surface area contributed by atoms with Crippen LogP contribution in [-0.4, -0.2) is 55.4 Å². The Morgan fingerprint density at radius 2 is 2.12 bits per heavy atom. The predicted molar refractivity (Wildman–Crippen MR) is 59.4 cm³/mol. The zero-order valence-corrected chi connectivity index (χ0v) is 10.0. The van der Waals surface area contributed by atoms with E-state index < -0.39 is 5.97 Å². The third kappa shape index (κ3) is 6.23. The molecule has 94 valence electrons. The molecule has 16 heavy (non-hydrogen) atoms. The molecular formula is C10H20N2O4. The summed E-state index contributed by atoms with van der Waals surface area (Å²) in [5.74, 6) is -0.913. The first-order chi connectivity index (χ1) is 7.51. The number of nitrogens with one attached hydrogen (secondary N) is 1. The van der Waals surface area contributed by atoms with Crippen molar-refractivity contribution in [1.82, 2.24) is 10.2 Å². The molecule has 2 N–H and O–H groups in total. The molecule has 0 saturated carbocycles. The number of carboxylic acid groups (broad SMARTS) is 1. The van der Waals surface area contributed by atoms with Crippen LogP contribution in [-0.2, 0) is 9.53 Å². The van der Waals surface area contributed by atoms with E-state index in [0.717, 1.165) is 6.42 Å². The second-order valence-corrected chi connectivity index (χ2v) is 3.58. The zero-order valence-electron chi connectivity index (χ0n) is 10.0. The van der Waals surface area contributed by atoms with Crippen molar-refractivity contribution in [3.05, 3.63) is 0 Å². The zero-order chi connectivity index (χ0) is 12.6. The van der Waals surface area contributed by atoms with Crippen LogP contribution >= 0.6 is 0 Å². The Morgan fingerprint density at radius 1 is 1.50 bits per heavy atom. The van der Waals surface area contributed by atoms with E-state index in [2.05, 4.69) is 5.32 Å². The normalized spacial score (nSPS) is 11.9. The average Bonchev–Trinajstić information content (AvgIpc) is 2.24. The molecule has 0 bridgehead atoms. The number of urea groups is 1. The second-order valence-electron chi connectivity index (χ2n) is 3.58. The van der Waals surface area contributed by atoms with Crippen molar-refractivity contribution in [2.75, 3.05) is 27.3 Å². The minimum Gasteiger partial charge on any atom is -0.481 e. The third-order valence-electron chi connectivity index (χ3n) is 2.20. The van der Waals surface area contributed by atoms with Gasteiger partial charge in [0.2, 0.25) is 0 Å². The maximum absolute atomic E-state index is 11.6. The monoisotopic (exact) mass is 232 g/mol. The van der Waals surface area contributed by atoms with E-state index in [1.54, 1.807) is 14.2 Å². The first-order valence-corrected chi connectivity index (χ1v) is 5.23. The molecule has 0 radical (unpaired) electrons. The van der Waals surface area contributed by atoms with Gasteiger partial charge in [-0.2, -0.15) is 0 Å². The lowest BCUT2D eigenvalue weighted by atomic mass is 10.2. The van der Waals surface area contributed by atoms with Gasteiger partial charge in [-0.05, 0) is 6.42 Å². The van der Waals surface area contributed by atoms with Crippen molar-refractivity contribution in [3.8, 4) is 0 Å². The molecule has 0 aliphatic carbocycles. The van der Waals surface area contributed by atoms with Gasteiger partial charge in [0.05, 0.1) is 19.1 Å². The molecular weight excluding hydrogens is 212 g/mol. The van der Waals surface area contributed by atoms with Gasteiger partial charge in [-0.3, -0.25) is 4.79 Å². The van der Waals surface area contributed by atoms with Crippen LogP contribution in [0.25, 0.3) is 0 Å². The van der Waals surface area contributed by atoms with Crippen molar-refractivity contribution < 1.29 is 19.4 Å². The molecule has 6 nitrogen and oxygen atoms in total. The van der Waals surface area contributed by atoms with Crippen LogP contribution in [0, 0.1) is 0 Å². The van der Waals surface area contributed by atoms with Crippen molar-refractivity contribution in [2.45, 2.75) is 25.8 Å². The number of aliphatic carboxylic acids is 1. The van der Waals surface area contributed by atoms with Gasteiger partial charge >= 0.3 is 12.0 Å². The third-order valence-corrected chi connectivity index (χ3v) is 2.20. The molecule has 2 amide bonds. The highest BCUT2D eigenvalue weighted by molar-refractivity contribution is 5.75. The molecule has 0 rings (SSSR count). The minimum absolute atomic E-state index is 0.0372. The molecule has 0 saturated heterocycles. The Labute approximate surface area is 95.6 Å². The first-order valence-electron chi connectivity index (χ1n) is 5.23. The van der Waals surface area contributed by atoms with Crippen LogP contribution in [0.15, 0.2) is 0 Å². The van der Waals surface area contributed by atoms with Crippen LogP contribution in [0.4, 0.5) is 4.79 Å². The SMILES string of the molecule is CCC(COC)NC(=O)N(C)CCC(=O)O. The summed E-state index contributed by atoms with van der Waals surface area (Å²) in [7, 11) is 3.14. The molecule has 0 aliphatic rings. The van der Waals surface area contributed by atoms with Gasteiger partial charge in [0, 0.05) is 20.7 Å². The lowest BCUT2D eigenvalue weighted by molar-refractivity contribution is -0.137. The molecule has 1 unspecified atom stereocenters. The molecule has 0 aromatic rings. The van der Waals surface area contributed by atoms with Gasteiger partial charge in [0.15, 0.2) is 0 Å². The molecule has 0 aliphatic heterocycles. The molecule has 0 fully saturated rings. The van der Waals surface area contributed by atoms with Gasteiger partial charge < -0.3 is 20.1 Å². The number of nitrogens with zero attached hydrogens (tertiary/aromatic N) is 1. The Hall–Kier alpha value is -1.30. The highest BCUT2D eigenvalue weighted by Crippen LogP contribution is 1.95. The maximum Gasteiger partial charge on any atom is 0.317 e. The summed E-state index contributed by atoms with van der Waals surface area (Å²) in [6.45, 7) is 2.60. The van der Waals surface area contributed by atoms with E-state index in [-0.39, 0.29) is 25.0 Å². The van der Waals surface area contributed by atoms with Crippen molar-refractivity contribution in [3.63, 3.8) is 0 Å². The topological polar surface area (TPSA) is 78.9 Å². The number of ether oxygens (including phenoxy) is 1. The van der Waals surface area contributed by atoms with Crippen molar-refractivity contribution >= 4 is 12.0 Å². The number of methoxy groups -OCH3 is 1. The number of rotatable bonds is 7. The van der Waals surface area contributed by atoms with Crippen LogP contribution in [0.1, 0.15) is 19.8 Å². The van der Waals surface area contributed by atoms with E-state index >= 15 is 0 Å². The van der Waals surface area contributed by atoms with Crippen molar-refractivity contribution in [1.29, 1.82) is 0 Å². The summed E-state index contributed by atoms with van der Waals surface area (Å²) in [5.41, 5.74) is 0. The summed E-state index contributed by atoms with van der Waals surface area (Å²) >= 11 is 0. The number of carbonyl (C=O) groups excluding carboxylic acids is 1. The first kappa shape index (κ1) is 14.7. The largest absolute Gasteiger partial charge is 0.481 e. The second kappa shape index (κ2) is 7.92. The van der Waals surface area contributed by atoms with E-state index in [1.807, 2.05) is 6.92 Å². The molecule has 1 atom stereocenters. The van der Waals surface area contributed by atoms with E-state index in [4.69, 9.17) is 9.84 Å². The highest BCUT2D eigenvalue weighted by Gasteiger charge is 2.14. The summed E-state index contributed by atoms with van der Waals surface area (Å²) in [6, 6.07) is -0.310. The minimum atomic E-state index is -0.913. The summed E-state index contributed by atoms with van der Waals surface area (Å²) in [4.78, 5) is 23.2. The van der Waals surface area contributed by atoms with E-state index in [0.29, 0.717) is 6.61 Å². The predicted octanol–water partition coefficient (Wildman–Crippen LogP) is 0.527. The van der Waals surface area contributed by atoms with Gasteiger partial charge in [-0.15, -0.1) is 0 Å². The van der Waals surface area contributed by atoms with Gasteiger partial charge in [0.25, 0.3) is 0 Å². The lowest BCUT2D eigenvalue weighted by Gasteiger charge is -2.21. The molecule has 0 aromatic carbocycles. The number of carbonyl (C=O) groups is 2. The lowest BCUT2D eigenvalue weighted by Crippen LogP contribution is -2.45. The van der Waals surface area contributed by atoms with E-state index in [9.17, 15) is 9.59 Å². The number of hydrogen-bond acceptors (Lipinski definition) is 3. The maximum atomic E-state index is 11.6. The fraction of sp³-hybridized carbons (Fsp3) is 0.800. The average molecular weight is 232 g/mol. The molecule has 0 heterocycles. The molecule has 0 aromatic heterocycles. The fourth-order valence-corrected chi connectivity index (χ4v) is 1.11. The van der Waals surface area contributed by atoms with Gasteiger partial charge in [-0.25, -0.2) is 4.79 Å². The Bertz CT molecular complexity index is 233. The van der Waals surface area contributed by atoms with Crippen molar-refractivity contribution in [2.24, 2.45) is 0 Å². The number of carboxylic acids is 1. The molecule has 0 spiro atoms. The summed E-state index contributed by atoms with van der Waals surface area (Å²) < 4.78 is 4.95. The van der Waals surface area contributed by atoms with Crippen LogP contribution in [0.5, 0.6) is 0 Å². The van der Waals surface area contributed by atoms with E-state index in [1.165, 1.54) is 4.90 Å². The Kier molecular flexibility index (Phi) is 7.28. The van der Waals surface area contributed by atoms with Crippen LogP contribution in [0.2, 0.25) is 0 Å². The number of hydrogen-bond donors (Lipinski definition) is 2. The summed E-state index contributed by atoms with van der Waals surface area (Å²) in [6.07, 6.45) is 0.720. The van der Waals surface area contributed by atoms with Crippen LogP contribution < -0.4 is 5.32 Å². The quantitative estimate of drug-likeness (QED) is 0.671. The van der Waals surface area contributed by atoms with Gasteiger partial charge in [-0.1, -0.05) is 6.92 Å². The van der Waals surface area contributed by atoms with Crippen LogP contribution in [0.3, 0.4) is 0 Å². The smallest absolute Gasteiger partial charge is 0.317 e. The number of amides is 2. The molecule has 6 heteroatoms. The highest BCUT2D eigenvalue weighted by atomic mass is 16.5. The Morgan fingerprint density at radius 3 is 2.56 bits per heavy atom. The summed E-state index contributed by atoms with van der Waals surface area (Å²) in [5, 5.41) is 11.2. The standard InChI is InChI=1S/C10H20N2O4/c1-4-8(7-16-3)11-10(15)12(2)6-5-9(13)14/h8H,4-7H2,1-3H3,(H,11,15)(H,13,14). The van der Waals surface area contributed by atoms with Gasteiger partial charge in [0.1, 0.15) is 0 Å². The fourth-order valence-electron chi connectivity index (χ4n) is 1.11.